The van der Waals surface area contributed by atoms with Crippen molar-refractivity contribution in [2.24, 2.45) is 0 Å². The van der Waals surface area contributed by atoms with E-state index in [4.69, 9.17) is 5.11 Å². The van der Waals surface area contributed by atoms with Crippen molar-refractivity contribution < 1.29 is 29.3 Å². The van der Waals surface area contributed by atoms with Gasteiger partial charge in [0, 0.05) is 6.20 Å². The molecule has 0 saturated carbocycles. The zero-order valence-corrected chi connectivity index (χ0v) is 7.65. The van der Waals surface area contributed by atoms with Crippen LogP contribution in [0.3, 0.4) is 0 Å². The number of hydrogen-bond acceptors (Lipinski definition) is 2. The minimum atomic E-state index is -9.89. The Labute approximate surface area is 80.3 Å². The van der Waals surface area contributed by atoms with Gasteiger partial charge < -0.3 is 5.11 Å². The van der Waals surface area contributed by atoms with Crippen molar-refractivity contribution in [2.75, 3.05) is 0 Å². The van der Waals surface area contributed by atoms with E-state index in [1.165, 1.54) is 0 Å². The van der Waals surface area contributed by atoms with Gasteiger partial charge in [-0.05, 0) is 12.1 Å². The van der Waals surface area contributed by atoms with Crippen LogP contribution in [0.5, 0.6) is 0 Å². The van der Waals surface area contributed by atoms with Crippen molar-refractivity contribution in [1.29, 1.82) is 0 Å². The molecule has 0 aromatic carbocycles. The molecule has 1 rings (SSSR count). The standard InChI is InChI=1S/C6H4F5NO2S/c7-15(8,9,10,11)5-3-4(6(13)14)1-2-12-5/h1-3H,(H,13,14). The monoisotopic (exact) mass is 249 g/mol. The molecule has 0 bridgehead atoms. The normalized spacial score (nSPS) is 16.6. The Kier molecular flexibility index (Phi) is 1.87. The highest BCUT2D eigenvalue weighted by Crippen LogP contribution is 3.01. The number of carboxylic acid groups (broad SMARTS) is 1. The van der Waals surface area contributed by atoms with Gasteiger partial charge in [0.1, 0.15) is 0 Å². The van der Waals surface area contributed by atoms with Crippen LogP contribution in [0.4, 0.5) is 19.4 Å². The van der Waals surface area contributed by atoms with E-state index in [0.717, 1.165) is 0 Å². The van der Waals surface area contributed by atoms with Crippen molar-refractivity contribution in [3.63, 3.8) is 0 Å². The number of aromatic nitrogens is 1. The highest BCUT2D eigenvalue weighted by Gasteiger charge is 2.67. The lowest BCUT2D eigenvalue weighted by Gasteiger charge is -2.39. The van der Waals surface area contributed by atoms with Gasteiger partial charge >= 0.3 is 16.2 Å². The van der Waals surface area contributed by atoms with Crippen LogP contribution in [0.15, 0.2) is 23.4 Å². The minimum absolute atomic E-state index is 0.191. The van der Waals surface area contributed by atoms with Gasteiger partial charge in [0.05, 0.1) is 5.56 Å². The van der Waals surface area contributed by atoms with Gasteiger partial charge in [0.15, 0.2) is 5.03 Å². The second-order valence-corrected chi connectivity index (χ2v) is 5.01. The van der Waals surface area contributed by atoms with Crippen LogP contribution in [0.1, 0.15) is 10.4 Å². The van der Waals surface area contributed by atoms with Crippen LogP contribution in [0.25, 0.3) is 0 Å². The Morgan fingerprint density at radius 1 is 1.27 bits per heavy atom. The van der Waals surface area contributed by atoms with Crippen LogP contribution in [-0.4, -0.2) is 16.1 Å². The molecule has 86 valence electrons. The van der Waals surface area contributed by atoms with E-state index in [1.807, 2.05) is 0 Å². The molecule has 1 N–H and O–H groups in total. The summed E-state index contributed by atoms with van der Waals surface area (Å²) in [4.78, 5) is 12.7. The van der Waals surface area contributed by atoms with E-state index in [-0.39, 0.29) is 6.07 Å². The van der Waals surface area contributed by atoms with Crippen molar-refractivity contribution >= 4 is 16.2 Å². The van der Waals surface area contributed by atoms with E-state index in [1.54, 1.807) is 0 Å². The Bertz CT molecular complexity index is 428. The summed E-state index contributed by atoms with van der Waals surface area (Å²) in [5.41, 5.74) is -0.895. The first-order valence-corrected chi connectivity index (χ1v) is 5.29. The molecule has 0 aliphatic heterocycles. The van der Waals surface area contributed by atoms with Gasteiger partial charge in [-0.2, -0.15) is 0 Å². The number of carbonyl (C=O) groups is 1. The highest BCUT2D eigenvalue weighted by atomic mass is 32.5. The van der Waals surface area contributed by atoms with Crippen LogP contribution in [0, 0.1) is 0 Å². The lowest BCUT2D eigenvalue weighted by Crippen LogP contribution is -2.10. The zero-order valence-electron chi connectivity index (χ0n) is 6.83. The summed E-state index contributed by atoms with van der Waals surface area (Å²) in [5, 5.41) is 5.87. The summed E-state index contributed by atoms with van der Waals surface area (Å²) in [6.07, 6.45) is 0.372. The molecule has 3 nitrogen and oxygen atoms in total. The maximum Gasteiger partial charge on any atom is 0.335 e. The fourth-order valence-corrected chi connectivity index (χ4v) is 1.36. The molecular formula is C6H4F5NO2S. The summed E-state index contributed by atoms with van der Waals surface area (Å²) in [6, 6.07) is 0.499. The third kappa shape index (κ3) is 2.78. The third-order valence-electron chi connectivity index (χ3n) is 1.38. The Morgan fingerprint density at radius 3 is 2.20 bits per heavy atom. The second kappa shape index (κ2) is 2.40. The molecule has 0 fully saturated rings. The summed E-state index contributed by atoms with van der Waals surface area (Å²) < 4.78 is 60.7. The molecule has 0 saturated heterocycles. The fraction of sp³-hybridized carbons (Fsp3) is 0. The minimum Gasteiger partial charge on any atom is -0.478 e. The van der Waals surface area contributed by atoms with Crippen LogP contribution < -0.4 is 0 Å². The predicted molar refractivity (Wildman–Crippen MR) is 42.6 cm³/mol. The Hall–Kier alpha value is -1.38. The Balaban J connectivity index is 3.43. The van der Waals surface area contributed by atoms with Gasteiger partial charge in [-0.3, -0.25) is 0 Å². The van der Waals surface area contributed by atoms with E-state index < -0.39 is 26.8 Å². The number of hydrogen-bond donors (Lipinski definition) is 1. The van der Waals surface area contributed by atoms with Gasteiger partial charge in [-0.15, -0.1) is 0 Å². The molecular weight excluding hydrogens is 245 g/mol. The number of halogens is 5. The average Bonchev–Trinajstić information content (AvgIpc) is 2.00. The van der Waals surface area contributed by atoms with E-state index in [9.17, 15) is 24.2 Å². The first-order chi connectivity index (χ1) is 6.40. The fourth-order valence-electron chi connectivity index (χ4n) is 0.753. The summed E-state index contributed by atoms with van der Waals surface area (Å²) >= 11 is 0. The summed E-state index contributed by atoms with van der Waals surface area (Å²) in [6.45, 7) is 0. The van der Waals surface area contributed by atoms with Crippen molar-refractivity contribution in [2.45, 2.75) is 5.03 Å². The maximum absolute atomic E-state index is 12.1. The topological polar surface area (TPSA) is 50.2 Å². The molecule has 15 heavy (non-hydrogen) atoms. The number of pyridine rings is 1. The van der Waals surface area contributed by atoms with Gasteiger partial charge in [-0.1, -0.05) is 19.4 Å². The van der Waals surface area contributed by atoms with Gasteiger partial charge in [-0.25, -0.2) is 9.78 Å². The smallest absolute Gasteiger partial charge is 0.335 e. The SMILES string of the molecule is O=C(O)c1ccnc(S(F)(F)(F)(F)F)c1. The second-order valence-electron chi connectivity index (χ2n) is 2.66. The summed E-state index contributed by atoms with van der Waals surface area (Å²) in [7, 11) is -9.89. The first kappa shape index (κ1) is 11.7. The van der Waals surface area contributed by atoms with Gasteiger partial charge in [0.2, 0.25) is 0 Å². The quantitative estimate of drug-likeness (QED) is 0.817. The van der Waals surface area contributed by atoms with E-state index in [0.29, 0.717) is 12.3 Å². The van der Waals surface area contributed by atoms with Gasteiger partial charge in [0.25, 0.3) is 0 Å². The molecule has 0 amide bonds. The average molecular weight is 249 g/mol. The molecule has 0 aliphatic rings. The number of aromatic carboxylic acids is 1. The largest absolute Gasteiger partial charge is 0.478 e. The molecule has 0 aliphatic carbocycles. The Morgan fingerprint density at radius 2 is 1.80 bits per heavy atom. The number of rotatable bonds is 2. The van der Waals surface area contributed by atoms with Crippen molar-refractivity contribution in [3.05, 3.63) is 23.9 Å². The molecule has 1 heterocycles. The van der Waals surface area contributed by atoms with Crippen molar-refractivity contribution in [1.82, 2.24) is 4.98 Å². The lowest BCUT2D eigenvalue weighted by atomic mass is 10.3. The molecule has 1 aromatic heterocycles. The molecule has 0 atom stereocenters. The summed E-state index contributed by atoms with van der Waals surface area (Å²) in [5.74, 6) is -1.74. The molecule has 0 spiro atoms. The molecule has 0 radical (unpaired) electrons. The third-order valence-corrected chi connectivity index (χ3v) is 2.39. The lowest BCUT2D eigenvalue weighted by molar-refractivity contribution is 0.0696. The first-order valence-electron chi connectivity index (χ1n) is 3.33. The number of nitrogens with zero attached hydrogens (tertiary/aromatic N) is 1. The van der Waals surface area contributed by atoms with Crippen LogP contribution in [0.2, 0.25) is 0 Å². The van der Waals surface area contributed by atoms with E-state index in [2.05, 4.69) is 4.98 Å². The maximum atomic E-state index is 12.1. The highest BCUT2D eigenvalue weighted by molar-refractivity contribution is 8.45. The zero-order chi connectivity index (χ0) is 12.0. The molecule has 0 unspecified atom stereocenters. The van der Waals surface area contributed by atoms with Crippen molar-refractivity contribution in [3.8, 4) is 0 Å². The van der Waals surface area contributed by atoms with E-state index >= 15 is 0 Å². The van der Waals surface area contributed by atoms with Crippen LogP contribution in [-0.2, 0) is 0 Å². The molecule has 1 aromatic rings. The molecule has 9 heteroatoms. The number of carboxylic acids is 1. The predicted octanol–water partition coefficient (Wildman–Crippen LogP) is 3.44. The van der Waals surface area contributed by atoms with Crippen LogP contribution >= 0.6 is 10.2 Å².